The molecule has 0 aliphatic carbocycles. The van der Waals surface area contributed by atoms with Crippen LogP contribution < -0.4 is 16.1 Å². The quantitative estimate of drug-likeness (QED) is 0.295. The van der Waals surface area contributed by atoms with Crippen LogP contribution in [0.25, 0.3) is 10.9 Å². The first-order chi connectivity index (χ1) is 11.6. The van der Waals surface area contributed by atoms with Crippen molar-refractivity contribution in [1.29, 1.82) is 0 Å². The maximum absolute atomic E-state index is 12.1. The van der Waals surface area contributed by atoms with Gasteiger partial charge in [-0.1, -0.05) is 12.1 Å². The number of nitrogens with one attached hydrogen (secondary N) is 3. The molecule has 7 heteroatoms. The summed E-state index contributed by atoms with van der Waals surface area (Å²) in [5, 5.41) is 9.69. The lowest BCUT2D eigenvalue weighted by molar-refractivity contribution is 0.667. The molecule has 4 nitrogen and oxygen atoms in total. The average molecular weight is 565 g/mol. The highest BCUT2D eigenvalue weighted by atomic mass is 127. The van der Waals surface area contributed by atoms with Gasteiger partial charge >= 0.3 is 0 Å². The van der Waals surface area contributed by atoms with Gasteiger partial charge in [-0.3, -0.25) is 4.79 Å². The Morgan fingerprint density at radius 1 is 1.17 bits per heavy atom. The van der Waals surface area contributed by atoms with Crippen molar-refractivity contribution in [3.05, 3.63) is 58.0 Å². The van der Waals surface area contributed by atoms with E-state index in [4.69, 9.17) is 0 Å². The summed E-state index contributed by atoms with van der Waals surface area (Å²) < 4.78 is 2.69. The number of aromatic nitrogens is 1. The number of aromatic amines is 1. The van der Waals surface area contributed by atoms with Gasteiger partial charge in [-0.15, -0.1) is 11.3 Å². The van der Waals surface area contributed by atoms with Gasteiger partial charge in [0.15, 0.2) is 5.43 Å². The van der Waals surface area contributed by atoms with Crippen LogP contribution in [0.5, 0.6) is 0 Å². The fourth-order valence-electron chi connectivity index (χ4n) is 2.41. The lowest BCUT2D eigenvalue weighted by Gasteiger charge is -2.08. The summed E-state index contributed by atoms with van der Waals surface area (Å²) in [6.07, 6.45) is 0.994. The molecule has 24 heavy (non-hydrogen) atoms. The Morgan fingerprint density at radius 2 is 2.00 bits per heavy atom. The second kappa shape index (κ2) is 8.63. The van der Waals surface area contributed by atoms with Gasteiger partial charge in [0.1, 0.15) is 5.82 Å². The van der Waals surface area contributed by atoms with Crippen LogP contribution in [-0.2, 0) is 6.54 Å². The molecule has 3 aromatic rings. The summed E-state index contributed by atoms with van der Waals surface area (Å²) in [7, 11) is 0. The molecule has 2 aromatic heterocycles. The molecule has 2 heterocycles. The van der Waals surface area contributed by atoms with E-state index in [1.807, 2.05) is 24.3 Å². The van der Waals surface area contributed by atoms with Crippen LogP contribution in [0.4, 0.5) is 5.82 Å². The molecule has 0 saturated heterocycles. The predicted molar refractivity (Wildman–Crippen MR) is 119 cm³/mol. The molecule has 0 spiro atoms. The van der Waals surface area contributed by atoms with Gasteiger partial charge in [0.2, 0.25) is 0 Å². The summed E-state index contributed by atoms with van der Waals surface area (Å²) in [5.41, 5.74) is 0.916. The van der Waals surface area contributed by atoms with Crippen LogP contribution >= 0.6 is 56.5 Å². The zero-order valence-corrected chi connectivity index (χ0v) is 18.0. The number of thiophene rings is 1. The highest BCUT2D eigenvalue weighted by Gasteiger charge is 2.05. The van der Waals surface area contributed by atoms with Crippen LogP contribution in [0.15, 0.2) is 40.5 Å². The minimum absolute atomic E-state index is 0.0480. The van der Waals surface area contributed by atoms with Gasteiger partial charge in [-0.2, -0.15) is 0 Å². The molecule has 0 atom stereocenters. The van der Waals surface area contributed by atoms with E-state index < -0.39 is 0 Å². The van der Waals surface area contributed by atoms with Crippen molar-refractivity contribution < 1.29 is 0 Å². The molecule has 0 radical (unpaired) electrons. The molecule has 0 saturated carbocycles. The molecule has 3 rings (SSSR count). The number of halogens is 2. The normalized spacial score (nSPS) is 11.1. The zero-order valence-electron chi connectivity index (χ0n) is 12.9. The lowest BCUT2D eigenvalue weighted by Crippen LogP contribution is -2.18. The van der Waals surface area contributed by atoms with E-state index >= 15 is 0 Å². The topological polar surface area (TPSA) is 56.9 Å². The number of rotatable bonds is 7. The minimum Gasteiger partial charge on any atom is -0.371 e. The minimum atomic E-state index is 0.0480. The summed E-state index contributed by atoms with van der Waals surface area (Å²) in [4.78, 5) is 16.7. The number of hydrogen-bond donors (Lipinski definition) is 3. The van der Waals surface area contributed by atoms with Crippen LogP contribution in [-0.4, -0.2) is 18.1 Å². The molecule has 126 valence electrons. The molecule has 3 N–H and O–H groups in total. The molecule has 0 aliphatic rings. The van der Waals surface area contributed by atoms with Crippen molar-refractivity contribution in [3.63, 3.8) is 0 Å². The van der Waals surface area contributed by atoms with Gasteiger partial charge in [-0.25, -0.2) is 0 Å². The molecular formula is C17H17I2N3OS. The van der Waals surface area contributed by atoms with E-state index in [1.165, 1.54) is 12.0 Å². The summed E-state index contributed by atoms with van der Waals surface area (Å²) in [6, 6.07) is 9.21. The first-order valence-electron chi connectivity index (χ1n) is 7.63. The molecular weight excluding hydrogens is 548 g/mol. The van der Waals surface area contributed by atoms with Crippen molar-refractivity contribution in [1.82, 2.24) is 10.3 Å². The zero-order chi connectivity index (χ0) is 16.9. The van der Waals surface area contributed by atoms with Crippen LogP contribution in [0.3, 0.4) is 0 Å². The number of anilines is 1. The van der Waals surface area contributed by atoms with Crippen molar-refractivity contribution in [3.8, 4) is 0 Å². The Labute approximate surface area is 171 Å². The second-order valence-electron chi connectivity index (χ2n) is 5.37. The maximum Gasteiger partial charge on any atom is 0.191 e. The van der Waals surface area contributed by atoms with Gasteiger partial charge in [0.05, 0.1) is 5.52 Å². The molecule has 0 unspecified atom stereocenters. The first-order valence-corrected chi connectivity index (χ1v) is 10.7. The molecule has 0 fully saturated rings. The molecule has 0 amide bonds. The van der Waals surface area contributed by atoms with E-state index in [0.717, 1.165) is 42.8 Å². The van der Waals surface area contributed by atoms with Crippen molar-refractivity contribution in [2.24, 2.45) is 0 Å². The Bertz CT molecular complexity index is 891. The number of pyridine rings is 1. The Hall–Kier alpha value is -0.650. The van der Waals surface area contributed by atoms with Gasteiger partial charge in [-0.05, 0) is 70.3 Å². The van der Waals surface area contributed by atoms with E-state index in [9.17, 15) is 4.79 Å². The first kappa shape index (κ1) is 18.2. The molecule has 0 aliphatic heterocycles. The summed E-state index contributed by atoms with van der Waals surface area (Å²) >= 11 is 6.58. The van der Waals surface area contributed by atoms with E-state index in [0.29, 0.717) is 0 Å². The highest BCUT2D eigenvalue weighted by molar-refractivity contribution is 14.1. The molecule has 0 bridgehead atoms. The lowest BCUT2D eigenvalue weighted by atomic mass is 10.2. The van der Waals surface area contributed by atoms with E-state index in [-0.39, 0.29) is 5.43 Å². The predicted octanol–water partition coefficient (Wildman–Crippen LogP) is 4.39. The van der Waals surface area contributed by atoms with Crippen molar-refractivity contribution >= 4 is 73.2 Å². The average Bonchev–Trinajstić information content (AvgIpc) is 2.90. The number of H-pyrrole nitrogens is 1. The van der Waals surface area contributed by atoms with Crippen molar-refractivity contribution in [2.45, 2.75) is 13.0 Å². The SMILES string of the molecule is O=c1cc(NCCCNCc2scc(I)c2I)[nH]c2ccccc12. The molecule has 1 aromatic carbocycles. The number of para-hydroxylation sites is 1. The third-order valence-corrected chi connectivity index (χ3v) is 8.52. The van der Waals surface area contributed by atoms with Crippen LogP contribution in [0.1, 0.15) is 11.3 Å². The fraction of sp³-hybridized carbons (Fsp3) is 0.235. The smallest absolute Gasteiger partial charge is 0.191 e. The van der Waals surface area contributed by atoms with Crippen molar-refractivity contribution in [2.75, 3.05) is 18.4 Å². The third kappa shape index (κ3) is 4.50. The third-order valence-electron chi connectivity index (χ3n) is 3.63. The van der Waals surface area contributed by atoms with E-state index in [1.54, 1.807) is 17.4 Å². The van der Waals surface area contributed by atoms with Crippen LogP contribution in [0, 0.1) is 7.14 Å². The highest BCUT2D eigenvalue weighted by Crippen LogP contribution is 2.25. The number of hydrogen-bond acceptors (Lipinski definition) is 4. The summed E-state index contributed by atoms with van der Waals surface area (Å²) in [6.45, 7) is 2.68. The summed E-state index contributed by atoms with van der Waals surface area (Å²) in [5.74, 6) is 0.779. The van der Waals surface area contributed by atoms with E-state index in [2.05, 4.69) is 66.2 Å². The van der Waals surface area contributed by atoms with Gasteiger partial charge < -0.3 is 15.6 Å². The Kier molecular flexibility index (Phi) is 6.53. The van der Waals surface area contributed by atoms with Gasteiger partial charge in [0.25, 0.3) is 0 Å². The maximum atomic E-state index is 12.1. The standard InChI is InChI=1S/C17H17I2N3OS/c18-12-10-24-15(17(12)19)9-20-6-3-7-21-16-8-14(23)11-4-1-2-5-13(11)22-16/h1-2,4-5,8,10,20H,3,6-7,9H2,(H2,21,22,23). The number of fused-ring (bicyclic) bond motifs is 1. The largest absolute Gasteiger partial charge is 0.371 e. The Balaban J connectivity index is 1.45. The van der Waals surface area contributed by atoms with Gasteiger partial charge in [0, 0.05) is 41.9 Å². The fourth-order valence-corrected chi connectivity index (χ4v) is 5.00. The number of benzene rings is 1. The Morgan fingerprint density at radius 3 is 2.79 bits per heavy atom. The monoisotopic (exact) mass is 565 g/mol. The second-order valence-corrected chi connectivity index (χ2v) is 8.58. The van der Waals surface area contributed by atoms with Crippen LogP contribution in [0.2, 0.25) is 0 Å².